The lowest BCUT2D eigenvalue weighted by molar-refractivity contribution is 0.101. The Morgan fingerprint density at radius 3 is 2.67 bits per heavy atom. The van der Waals surface area contributed by atoms with Crippen molar-refractivity contribution in [1.29, 1.82) is 0 Å². The van der Waals surface area contributed by atoms with Crippen LogP contribution in [0.3, 0.4) is 0 Å². The van der Waals surface area contributed by atoms with Crippen molar-refractivity contribution in [2.45, 2.75) is 44.2 Å². The molecule has 1 fully saturated rings. The van der Waals surface area contributed by atoms with Crippen LogP contribution in [0, 0.1) is 0 Å². The van der Waals surface area contributed by atoms with Crippen molar-refractivity contribution in [2.75, 3.05) is 5.75 Å². The highest BCUT2D eigenvalue weighted by Gasteiger charge is 2.26. The predicted molar refractivity (Wildman–Crippen MR) is 60.0 cm³/mol. The van der Waals surface area contributed by atoms with Gasteiger partial charge in [0.1, 0.15) is 0 Å². The Balaban J connectivity index is 2.48. The third-order valence-corrected chi connectivity index (χ3v) is 4.09. The predicted octanol–water partition coefficient (Wildman–Crippen LogP) is 0.785. The summed E-state index contributed by atoms with van der Waals surface area (Å²) in [7, 11) is -3.26. The lowest BCUT2D eigenvalue weighted by Crippen LogP contribution is -2.45. The van der Waals surface area contributed by atoms with Crippen molar-refractivity contribution >= 4 is 10.0 Å². The van der Waals surface area contributed by atoms with Gasteiger partial charge >= 0.3 is 0 Å². The topological polar surface area (TPSA) is 66.4 Å². The molecule has 1 saturated carbocycles. The number of rotatable bonds is 5. The van der Waals surface area contributed by atoms with Crippen LogP contribution in [0.5, 0.6) is 0 Å². The second-order valence-corrected chi connectivity index (χ2v) is 5.85. The largest absolute Gasteiger partial charge is 0.391 e. The molecule has 0 spiro atoms. The van der Waals surface area contributed by atoms with Gasteiger partial charge in [-0.2, -0.15) is 0 Å². The molecule has 0 aromatic rings. The molecular formula is C10H19NO3S. The second kappa shape index (κ2) is 5.63. The van der Waals surface area contributed by atoms with E-state index in [0.717, 1.165) is 19.3 Å². The van der Waals surface area contributed by atoms with E-state index in [1.54, 1.807) is 6.08 Å². The van der Waals surface area contributed by atoms with Gasteiger partial charge in [-0.3, -0.25) is 0 Å². The van der Waals surface area contributed by atoms with Gasteiger partial charge in [-0.1, -0.05) is 18.9 Å². The van der Waals surface area contributed by atoms with Gasteiger partial charge in [0.25, 0.3) is 0 Å². The summed E-state index contributed by atoms with van der Waals surface area (Å²) in [6, 6.07) is -0.298. The molecule has 1 rings (SSSR count). The Morgan fingerprint density at radius 1 is 1.40 bits per heavy atom. The Kier molecular flexibility index (Phi) is 4.76. The molecule has 1 aliphatic carbocycles. The molecule has 15 heavy (non-hydrogen) atoms. The van der Waals surface area contributed by atoms with Gasteiger partial charge in [0.15, 0.2) is 0 Å². The maximum atomic E-state index is 11.5. The third kappa shape index (κ3) is 4.32. The summed E-state index contributed by atoms with van der Waals surface area (Å²) >= 11 is 0. The van der Waals surface area contributed by atoms with Crippen LogP contribution in [0.15, 0.2) is 12.7 Å². The van der Waals surface area contributed by atoms with E-state index in [-0.39, 0.29) is 11.8 Å². The SMILES string of the molecule is C=CCCS(=O)(=O)NC1CCCCC1O. The molecular weight excluding hydrogens is 214 g/mol. The fraction of sp³-hybridized carbons (Fsp3) is 0.800. The first kappa shape index (κ1) is 12.7. The van der Waals surface area contributed by atoms with Crippen LogP contribution in [0.4, 0.5) is 0 Å². The Bertz CT molecular complexity index is 300. The number of sulfonamides is 1. The van der Waals surface area contributed by atoms with Crippen LogP contribution >= 0.6 is 0 Å². The molecule has 2 unspecified atom stereocenters. The Hall–Kier alpha value is -0.390. The highest BCUT2D eigenvalue weighted by molar-refractivity contribution is 7.89. The van der Waals surface area contributed by atoms with Crippen molar-refractivity contribution in [2.24, 2.45) is 0 Å². The molecule has 0 bridgehead atoms. The molecule has 0 aromatic carbocycles. The van der Waals surface area contributed by atoms with E-state index in [4.69, 9.17) is 0 Å². The summed E-state index contributed by atoms with van der Waals surface area (Å²) in [6.45, 7) is 3.48. The van der Waals surface area contributed by atoms with Crippen molar-refractivity contribution in [3.63, 3.8) is 0 Å². The number of hydrogen-bond acceptors (Lipinski definition) is 3. The average molecular weight is 233 g/mol. The maximum absolute atomic E-state index is 11.5. The van der Waals surface area contributed by atoms with E-state index in [1.165, 1.54) is 0 Å². The molecule has 0 aromatic heterocycles. The second-order valence-electron chi connectivity index (χ2n) is 3.97. The van der Waals surface area contributed by atoms with Gasteiger partial charge < -0.3 is 5.11 Å². The number of allylic oxidation sites excluding steroid dienone is 1. The van der Waals surface area contributed by atoms with Crippen molar-refractivity contribution in [3.8, 4) is 0 Å². The van der Waals surface area contributed by atoms with Gasteiger partial charge in [0, 0.05) is 6.04 Å². The third-order valence-electron chi connectivity index (χ3n) is 2.65. The van der Waals surface area contributed by atoms with Crippen LogP contribution in [0.1, 0.15) is 32.1 Å². The highest BCUT2D eigenvalue weighted by atomic mass is 32.2. The summed E-state index contributed by atoms with van der Waals surface area (Å²) in [5.41, 5.74) is 0. The molecule has 0 amide bonds. The number of aliphatic hydroxyl groups is 1. The van der Waals surface area contributed by atoms with Gasteiger partial charge in [0.05, 0.1) is 11.9 Å². The van der Waals surface area contributed by atoms with E-state index in [2.05, 4.69) is 11.3 Å². The summed E-state index contributed by atoms with van der Waals surface area (Å²) < 4.78 is 25.6. The summed E-state index contributed by atoms with van der Waals surface area (Å²) in [5.74, 6) is 0.0553. The van der Waals surface area contributed by atoms with E-state index in [9.17, 15) is 13.5 Å². The van der Waals surface area contributed by atoms with Crippen LogP contribution in [0.2, 0.25) is 0 Å². The van der Waals surface area contributed by atoms with Crippen molar-refractivity contribution in [3.05, 3.63) is 12.7 Å². The molecule has 0 radical (unpaired) electrons. The normalized spacial score (nSPS) is 27.5. The van der Waals surface area contributed by atoms with E-state index >= 15 is 0 Å². The minimum atomic E-state index is -3.26. The fourth-order valence-corrected chi connectivity index (χ4v) is 3.11. The van der Waals surface area contributed by atoms with Gasteiger partial charge in [-0.05, 0) is 19.3 Å². The minimum absolute atomic E-state index is 0.0553. The fourth-order valence-electron chi connectivity index (χ4n) is 1.78. The Morgan fingerprint density at radius 2 is 2.07 bits per heavy atom. The van der Waals surface area contributed by atoms with Gasteiger partial charge in [-0.15, -0.1) is 6.58 Å². The zero-order valence-corrected chi connectivity index (χ0v) is 9.67. The molecule has 2 N–H and O–H groups in total. The first-order chi connectivity index (χ1) is 7.05. The lowest BCUT2D eigenvalue weighted by Gasteiger charge is -2.27. The smallest absolute Gasteiger partial charge is 0.212 e. The van der Waals surface area contributed by atoms with Crippen molar-refractivity contribution < 1.29 is 13.5 Å². The standard InChI is InChI=1S/C10H19NO3S/c1-2-3-8-15(13,14)11-9-6-4-5-7-10(9)12/h2,9-12H,1,3-8H2. The van der Waals surface area contributed by atoms with Crippen LogP contribution in [-0.4, -0.2) is 31.4 Å². The van der Waals surface area contributed by atoms with E-state index in [0.29, 0.717) is 12.8 Å². The van der Waals surface area contributed by atoms with Crippen LogP contribution in [-0.2, 0) is 10.0 Å². The molecule has 0 aliphatic heterocycles. The minimum Gasteiger partial charge on any atom is -0.391 e. The first-order valence-corrected chi connectivity index (χ1v) is 6.99. The zero-order chi connectivity index (χ0) is 11.3. The molecule has 4 nitrogen and oxygen atoms in total. The van der Waals surface area contributed by atoms with E-state index < -0.39 is 16.1 Å². The Labute approximate surface area is 91.4 Å². The number of hydrogen-bond donors (Lipinski definition) is 2. The lowest BCUT2D eigenvalue weighted by atomic mass is 9.93. The van der Waals surface area contributed by atoms with Gasteiger partial charge in [0.2, 0.25) is 10.0 Å². The van der Waals surface area contributed by atoms with Gasteiger partial charge in [-0.25, -0.2) is 13.1 Å². The average Bonchev–Trinajstić information content (AvgIpc) is 2.18. The summed E-state index contributed by atoms with van der Waals surface area (Å²) in [6.07, 6.45) is 4.87. The summed E-state index contributed by atoms with van der Waals surface area (Å²) in [5, 5.41) is 9.61. The monoisotopic (exact) mass is 233 g/mol. The molecule has 0 saturated heterocycles. The molecule has 0 heterocycles. The number of nitrogens with one attached hydrogen (secondary N) is 1. The number of aliphatic hydroxyl groups excluding tert-OH is 1. The van der Waals surface area contributed by atoms with Crippen molar-refractivity contribution in [1.82, 2.24) is 4.72 Å². The molecule has 2 atom stereocenters. The molecule has 5 heteroatoms. The van der Waals surface area contributed by atoms with Crippen LogP contribution < -0.4 is 4.72 Å². The summed E-state index contributed by atoms with van der Waals surface area (Å²) in [4.78, 5) is 0. The zero-order valence-electron chi connectivity index (χ0n) is 8.85. The maximum Gasteiger partial charge on any atom is 0.212 e. The molecule has 88 valence electrons. The highest BCUT2D eigenvalue weighted by Crippen LogP contribution is 2.19. The van der Waals surface area contributed by atoms with E-state index in [1.807, 2.05) is 0 Å². The molecule has 1 aliphatic rings. The first-order valence-electron chi connectivity index (χ1n) is 5.34. The van der Waals surface area contributed by atoms with Crippen LogP contribution in [0.25, 0.3) is 0 Å². The quantitative estimate of drug-likeness (QED) is 0.690.